The van der Waals surface area contributed by atoms with E-state index in [1.54, 1.807) is 0 Å². The number of likely N-dealkylation sites (tertiary alicyclic amines) is 1. The standard InChI is InChI=1S/C12H12BrN3O2/c13-7-3-4-8-9(6-7)15-11(14-8)10-2-1-5-16(10)12(17)18/h3-4,6,10H,1-2,5H2,(H,14,15)(H,17,18). The Morgan fingerprint density at radius 1 is 1.56 bits per heavy atom. The van der Waals surface area contributed by atoms with E-state index >= 15 is 0 Å². The van der Waals surface area contributed by atoms with Gasteiger partial charge in [-0.25, -0.2) is 9.78 Å². The first-order valence-electron chi connectivity index (χ1n) is 5.80. The summed E-state index contributed by atoms with van der Waals surface area (Å²) in [4.78, 5) is 20.3. The second-order valence-corrected chi connectivity index (χ2v) is 5.33. The first-order chi connectivity index (χ1) is 8.65. The molecule has 1 amide bonds. The summed E-state index contributed by atoms with van der Waals surface area (Å²) in [7, 11) is 0. The number of aromatic amines is 1. The fourth-order valence-corrected chi connectivity index (χ4v) is 2.79. The quantitative estimate of drug-likeness (QED) is 0.850. The van der Waals surface area contributed by atoms with E-state index < -0.39 is 6.09 Å². The number of carboxylic acid groups (broad SMARTS) is 1. The van der Waals surface area contributed by atoms with Crippen LogP contribution in [0.5, 0.6) is 0 Å². The third-order valence-electron chi connectivity index (χ3n) is 3.28. The Morgan fingerprint density at radius 3 is 3.17 bits per heavy atom. The van der Waals surface area contributed by atoms with Crippen LogP contribution in [0.2, 0.25) is 0 Å². The van der Waals surface area contributed by atoms with Crippen LogP contribution in [0, 0.1) is 0 Å². The Bertz CT molecular complexity index is 610. The molecule has 1 atom stereocenters. The van der Waals surface area contributed by atoms with Gasteiger partial charge in [0.1, 0.15) is 5.82 Å². The number of rotatable bonds is 1. The zero-order valence-corrected chi connectivity index (χ0v) is 11.1. The number of nitrogens with zero attached hydrogens (tertiary/aromatic N) is 2. The van der Waals surface area contributed by atoms with E-state index in [4.69, 9.17) is 5.11 Å². The lowest BCUT2D eigenvalue weighted by Gasteiger charge is -2.19. The maximum absolute atomic E-state index is 11.1. The summed E-state index contributed by atoms with van der Waals surface area (Å²) in [5.74, 6) is 0.739. The molecule has 6 heteroatoms. The highest BCUT2D eigenvalue weighted by molar-refractivity contribution is 9.10. The molecule has 1 aromatic heterocycles. The van der Waals surface area contributed by atoms with Crippen molar-refractivity contribution >= 4 is 33.1 Å². The maximum atomic E-state index is 11.1. The molecule has 1 fully saturated rings. The number of imidazole rings is 1. The molecule has 18 heavy (non-hydrogen) atoms. The van der Waals surface area contributed by atoms with Crippen molar-refractivity contribution in [3.05, 3.63) is 28.5 Å². The summed E-state index contributed by atoms with van der Waals surface area (Å²) in [6.45, 7) is 0.584. The average molecular weight is 310 g/mol. The summed E-state index contributed by atoms with van der Waals surface area (Å²) in [5, 5.41) is 9.14. The van der Waals surface area contributed by atoms with Gasteiger partial charge in [0, 0.05) is 11.0 Å². The second-order valence-electron chi connectivity index (χ2n) is 4.42. The number of amides is 1. The Balaban J connectivity index is 2.01. The average Bonchev–Trinajstić information content (AvgIpc) is 2.93. The van der Waals surface area contributed by atoms with Crippen molar-refractivity contribution in [2.75, 3.05) is 6.54 Å². The molecule has 3 rings (SSSR count). The van der Waals surface area contributed by atoms with Crippen LogP contribution in [0.15, 0.2) is 22.7 Å². The molecule has 94 valence electrons. The zero-order chi connectivity index (χ0) is 12.7. The summed E-state index contributed by atoms with van der Waals surface area (Å²) in [6.07, 6.45) is 0.837. The molecule has 0 saturated carbocycles. The zero-order valence-electron chi connectivity index (χ0n) is 9.56. The molecule has 2 N–H and O–H groups in total. The number of H-pyrrole nitrogens is 1. The van der Waals surface area contributed by atoms with Crippen molar-refractivity contribution in [2.24, 2.45) is 0 Å². The number of hydrogen-bond acceptors (Lipinski definition) is 2. The van der Waals surface area contributed by atoms with Gasteiger partial charge in [0.2, 0.25) is 0 Å². The molecule has 0 radical (unpaired) electrons. The predicted molar refractivity (Wildman–Crippen MR) is 70.5 cm³/mol. The minimum atomic E-state index is -0.876. The monoisotopic (exact) mass is 309 g/mol. The number of carbonyl (C=O) groups is 1. The first-order valence-corrected chi connectivity index (χ1v) is 6.59. The number of nitrogens with one attached hydrogen (secondary N) is 1. The maximum Gasteiger partial charge on any atom is 0.407 e. The molecular formula is C12H12BrN3O2. The van der Waals surface area contributed by atoms with Crippen LogP contribution in [0.25, 0.3) is 11.0 Å². The molecule has 0 spiro atoms. The highest BCUT2D eigenvalue weighted by Crippen LogP contribution is 2.31. The Labute approximate surface area is 112 Å². The van der Waals surface area contributed by atoms with Gasteiger partial charge in [-0.05, 0) is 31.0 Å². The smallest absolute Gasteiger partial charge is 0.407 e. The van der Waals surface area contributed by atoms with Gasteiger partial charge >= 0.3 is 6.09 Å². The molecule has 1 aliphatic rings. The predicted octanol–water partition coefficient (Wildman–Crippen LogP) is 3.14. The first kappa shape index (κ1) is 11.5. The fraction of sp³-hybridized carbons (Fsp3) is 0.333. The molecule has 5 nitrogen and oxygen atoms in total. The van der Waals surface area contributed by atoms with Crippen LogP contribution >= 0.6 is 15.9 Å². The second kappa shape index (κ2) is 4.28. The molecule has 1 saturated heterocycles. The van der Waals surface area contributed by atoms with E-state index in [-0.39, 0.29) is 6.04 Å². The van der Waals surface area contributed by atoms with E-state index in [1.807, 2.05) is 18.2 Å². The highest BCUT2D eigenvalue weighted by Gasteiger charge is 2.31. The van der Waals surface area contributed by atoms with Crippen molar-refractivity contribution in [3.63, 3.8) is 0 Å². The van der Waals surface area contributed by atoms with Crippen LogP contribution in [0.4, 0.5) is 4.79 Å². The van der Waals surface area contributed by atoms with Crippen molar-refractivity contribution in [2.45, 2.75) is 18.9 Å². The van der Waals surface area contributed by atoms with Crippen molar-refractivity contribution in [3.8, 4) is 0 Å². The number of aromatic nitrogens is 2. The van der Waals surface area contributed by atoms with Crippen molar-refractivity contribution in [1.29, 1.82) is 0 Å². The van der Waals surface area contributed by atoms with E-state index in [1.165, 1.54) is 4.90 Å². The highest BCUT2D eigenvalue weighted by atomic mass is 79.9. The van der Waals surface area contributed by atoms with Crippen molar-refractivity contribution < 1.29 is 9.90 Å². The van der Waals surface area contributed by atoms with Gasteiger partial charge in [0.15, 0.2) is 0 Å². The fourth-order valence-electron chi connectivity index (χ4n) is 2.44. The molecule has 0 bridgehead atoms. The van der Waals surface area contributed by atoms with Crippen LogP contribution < -0.4 is 0 Å². The van der Waals surface area contributed by atoms with Gasteiger partial charge in [0.25, 0.3) is 0 Å². The third kappa shape index (κ3) is 1.86. The lowest BCUT2D eigenvalue weighted by Crippen LogP contribution is -2.29. The molecule has 2 aromatic rings. The van der Waals surface area contributed by atoms with Crippen LogP contribution in [-0.4, -0.2) is 32.6 Å². The van der Waals surface area contributed by atoms with Gasteiger partial charge in [-0.15, -0.1) is 0 Å². The lowest BCUT2D eigenvalue weighted by molar-refractivity contribution is 0.139. The van der Waals surface area contributed by atoms with E-state index in [0.29, 0.717) is 6.54 Å². The topological polar surface area (TPSA) is 69.2 Å². The lowest BCUT2D eigenvalue weighted by atomic mass is 10.2. The van der Waals surface area contributed by atoms with Gasteiger partial charge in [-0.1, -0.05) is 15.9 Å². The minimum Gasteiger partial charge on any atom is -0.465 e. The summed E-state index contributed by atoms with van der Waals surface area (Å²) < 4.78 is 0.967. The molecule has 0 aliphatic carbocycles. The summed E-state index contributed by atoms with van der Waals surface area (Å²) >= 11 is 3.40. The summed E-state index contributed by atoms with van der Waals surface area (Å²) in [5.41, 5.74) is 1.79. The minimum absolute atomic E-state index is 0.145. The van der Waals surface area contributed by atoms with Crippen LogP contribution in [-0.2, 0) is 0 Å². The number of fused-ring (bicyclic) bond motifs is 1. The molecule has 1 aromatic carbocycles. The SMILES string of the molecule is O=C(O)N1CCCC1c1nc2cc(Br)ccc2[nH]1. The van der Waals surface area contributed by atoms with E-state index in [0.717, 1.165) is 34.2 Å². The van der Waals surface area contributed by atoms with Gasteiger partial charge in [0.05, 0.1) is 17.1 Å². The Hall–Kier alpha value is -1.56. The number of hydrogen-bond donors (Lipinski definition) is 2. The normalized spacial score (nSPS) is 19.6. The van der Waals surface area contributed by atoms with Crippen LogP contribution in [0.1, 0.15) is 24.7 Å². The third-order valence-corrected chi connectivity index (χ3v) is 3.77. The largest absolute Gasteiger partial charge is 0.465 e. The van der Waals surface area contributed by atoms with Gasteiger partial charge < -0.3 is 10.1 Å². The molecule has 1 unspecified atom stereocenters. The Kier molecular flexibility index (Phi) is 2.74. The van der Waals surface area contributed by atoms with Crippen LogP contribution in [0.3, 0.4) is 0 Å². The molecular weight excluding hydrogens is 298 g/mol. The van der Waals surface area contributed by atoms with E-state index in [9.17, 15) is 4.79 Å². The van der Waals surface area contributed by atoms with Gasteiger partial charge in [-0.2, -0.15) is 0 Å². The molecule has 2 heterocycles. The van der Waals surface area contributed by atoms with E-state index in [2.05, 4.69) is 25.9 Å². The number of halogens is 1. The molecule has 1 aliphatic heterocycles. The van der Waals surface area contributed by atoms with Crippen molar-refractivity contribution in [1.82, 2.24) is 14.9 Å². The number of benzene rings is 1. The summed E-state index contributed by atoms with van der Waals surface area (Å²) in [6, 6.07) is 5.66. The Morgan fingerprint density at radius 2 is 2.39 bits per heavy atom. The van der Waals surface area contributed by atoms with Gasteiger partial charge in [-0.3, -0.25) is 4.90 Å².